The predicted molar refractivity (Wildman–Crippen MR) is 118 cm³/mol. The van der Waals surface area contributed by atoms with Gasteiger partial charge in [0.25, 0.3) is 0 Å². The summed E-state index contributed by atoms with van der Waals surface area (Å²) < 4.78 is 4.68. The lowest BCUT2D eigenvalue weighted by Gasteiger charge is -2.28. The summed E-state index contributed by atoms with van der Waals surface area (Å²) in [5.74, 6) is -0.947. The van der Waals surface area contributed by atoms with Gasteiger partial charge in [-0.3, -0.25) is 14.5 Å². The Kier molecular flexibility index (Phi) is 6.79. The number of hydrogen-bond donors (Lipinski definition) is 1. The Labute approximate surface area is 183 Å². The average Bonchev–Trinajstić information content (AvgIpc) is 2.73. The van der Waals surface area contributed by atoms with Crippen LogP contribution in [0.15, 0.2) is 47.5 Å². The topological polar surface area (TPSA) is 88.1 Å². The summed E-state index contributed by atoms with van der Waals surface area (Å²) in [6, 6.07) is 11.7. The van der Waals surface area contributed by atoms with E-state index in [0.29, 0.717) is 27.1 Å². The molecule has 0 spiro atoms. The molecule has 1 N–H and O–H groups in total. The molecule has 1 aliphatic heterocycles. The summed E-state index contributed by atoms with van der Waals surface area (Å²) in [6.07, 6.45) is 0.0624. The highest BCUT2D eigenvalue weighted by Gasteiger charge is 2.34. The number of nitrogens with zero attached hydrogens (tertiary/aromatic N) is 2. The van der Waals surface area contributed by atoms with E-state index in [1.165, 1.54) is 23.8 Å². The molecule has 1 saturated heterocycles. The first-order valence-corrected chi connectivity index (χ1v) is 10.3. The smallest absolute Gasteiger partial charge is 0.337 e. The van der Waals surface area contributed by atoms with E-state index in [0.717, 1.165) is 5.56 Å². The van der Waals surface area contributed by atoms with E-state index in [1.54, 1.807) is 43.4 Å². The van der Waals surface area contributed by atoms with Crippen LogP contribution < -0.4 is 5.32 Å². The highest BCUT2D eigenvalue weighted by Crippen LogP contribution is 2.29. The van der Waals surface area contributed by atoms with Crippen LogP contribution in [0.3, 0.4) is 0 Å². The lowest BCUT2D eigenvalue weighted by molar-refractivity contribution is -0.128. The normalized spacial score (nSPS) is 17.7. The zero-order valence-corrected chi connectivity index (χ0v) is 18.2. The number of thioether (sulfide) groups is 1. The third-order valence-electron chi connectivity index (χ3n) is 4.51. The maximum Gasteiger partial charge on any atom is 0.337 e. The standard InChI is InChI=1S/C21H20ClN3O4S/c1-12-4-7-15(10-16(12)22)23-19(27)17-11-18(26)25(2)21(30-17)24-14-8-5-13(6-9-14)20(28)29-3/h4-10,17H,11H2,1-3H3,(H,23,27). The van der Waals surface area contributed by atoms with Gasteiger partial charge in [0.1, 0.15) is 5.25 Å². The molecule has 1 fully saturated rings. The molecular formula is C21H20ClN3O4S. The number of carbonyl (C=O) groups excluding carboxylic acids is 3. The van der Waals surface area contributed by atoms with Crippen LogP contribution in [0.1, 0.15) is 22.3 Å². The van der Waals surface area contributed by atoms with Crippen molar-refractivity contribution >= 4 is 57.7 Å². The molecule has 0 bridgehead atoms. The molecule has 0 radical (unpaired) electrons. The molecular weight excluding hydrogens is 426 g/mol. The summed E-state index contributed by atoms with van der Waals surface area (Å²) in [6.45, 7) is 1.87. The average molecular weight is 446 g/mol. The Balaban J connectivity index is 1.76. The van der Waals surface area contributed by atoms with Crippen molar-refractivity contribution in [2.24, 2.45) is 4.99 Å². The van der Waals surface area contributed by atoms with Crippen LogP contribution in [0, 0.1) is 6.92 Å². The van der Waals surface area contributed by atoms with E-state index in [-0.39, 0.29) is 18.2 Å². The van der Waals surface area contributed by atoms with Crippen molar-refractivity contribution < 1.29 is 19.1 Å². The Morgan fingerprint density at radius 3 is 2.57 bits per heavy atom. The SMILES string of the molecule is COC(=O)c1ccc(N=C2SC(C(=O)Nc3ccc(C)c(Cl)c3)CC(=O)N2C)cc1. The molecule has 1 atom stereocenters. The Morgan fingerprint density at radius 2 is 1.93 bits per heavy atom. The lowest BCUT2D eigenvalue weighted by Crippen LogP contribution is -2.43. The van der Waals surface area contributed by atoms with Crippen molar-refractivity contribution in [3.8, 4) is 0 Å². The number of methoxy groups -OCH3 is 1. The number of amides is 2. The predicted octanol–water partition coefficient (Wildman–Crippen LogP) is 4.03. The molecule has 2 aromatic carbocycles. The first-order valence-electron chi connectivity index (χ1n) is 9.06. The third-order valence-corrected chi connectivity index (χ3v) is 6.16. The second-order valence-corrected chi connectivity index (χ2v) is 8.23. The number of aryl methyl sites for hydroxylation is 1. The Morgan fingerprint density at radius 1 is 1.23 bits per heavy atom. The molecule has 2 aromatic rings. The molecule has 2 amide bonds. The van der Waals surface area contributed by atoms with Gasteiger partial charge >= 0.3 is 5.97 Å². The first-order chi connectivity index (χ1) is 14.3. The van der Waals surface area contributed by atoms with Gasteiger partial charge in [0.15, 0.2) is 5.17 Å². The third kappa shape index (κ3) is 5.01. The molecule has 0 aromatic heterocycles. The van der Waals surface area contributed by atoms with Crippen molar-refractivity contribution in [2.75, 3.05) is 19.5 Å². The number of anilines is 1. The Hall–Kier alpha value is -2.84. The number of rotatable bonds is 4. The monoisotopic (exact) mass is 445 g/mol. The summed E-state index contributed by atoms with van der Waals surface area (Å²) in [4.78, 5) is 42.6. The minimum absolute atomic E-state index is 0.0624. The molecule has 1 unspecified atom stereocenters. The molecule has 156 valence electrons. The summed E-state index contributed by atoms with van der Waals surface area (Å²) in [5, 5.41) is 3.14. The van der Waals surface area contributed by atoms with Gasteiger partial charge in [0, 0.05) is 24.2 Å². The fourth-order valence-corrected chi connectivity index (χ4v) is 3.94. The molecule has 0 saturated carbocycles. The van der Waals surface area contributed by atoms with Gasteiger partial charge in [-0.15, -0.1) is 0 Å². The number of halogens is 1. The van der Waals surface area contributed by atoms with Gasteiger partial charge in [0.05, 0.1) is 18.4 Å². The van der Waals surface area contributed by atoms with Gasteiger partial charge in [-0.05, 0) is 48.9 Å². The summed E-state index contributed by atoms with van der Waals surface area (Å²) >= 11 is 7.32. The molecule has 1 heterocycles. The van der Waals surface area contributed by atoms with Crippen molar-refractivity contribution in [3.63, 3.8) is 0 Å². The fourth-order valence-electron chi connectivity index (χ4n) is 2.69. The number of carbonyl (C=O) groups is 3. The molecule has 7 nitrogen and oxygen atoms in total. The van der Waals surface area contributed by atoms with E-state index in [2.05, 4.69) is 15.0 Å². The molecule has 3 rings (SSSR count). The zero-order valence-electron chi connectivity index (χ0n) is 16.6. The summed E-state index contributed by atoms with van der Waals surface area (Å²) in [7, 11) is 2.93. The van der Waals surface area contributed by atoms with Crippen LogP contribution >= 0.6 is 23.4 Å². The number of ether oxygens (including phenoxy) is 1. The number of esters is 1. The van der Waals surface area contributed by atoms with Gasteiger partial charge in [-0.25, -0.2) is 9.79 Å². The van der Waals surface area contributed by atoms with E-state index < -0.39 is 11.2 Å². The first kappa shape index (κ1) is 21.9. The fraction of sp³-hybridized carbons (Fsp3) is 0.238. The number of nitrogens with one attached hydrogen (secondary N) is 1. The molecule has 9 heteroatoms. The number of benzene rings is 2. The van der Waals surface area contributed by atoms with Crippen LogP contribution in [-0.2, 0) is 14.3 Å². The van der Waals surface area contributed by atoms with Crippen LogP contribution in [-0.4, -0.2) is 47.3 Å². The van der Waals surface area contributed by atoms with E-state index >= 15 is 0 Å². The number of hydrogen-bond acceptors (Lipinski definition) is 6. The lowest BCUT2D eigenvalue weighted by atomic mass is 10.2. The highest BCUT2D eigenvalue weighted by atomic mass is 35.5. The van der Waals surface area contributed by atoms with Crippen molar-refractivity contribution in [1.29, 1.82) is 0 Å². The van der Waals surface area contributed by atoms with E-state index in [9.17, 15) is 14.4 Å². The number of aliphatic imine (C=N–C) groups is 1. The van der Waals surface area contributed by atoms with Crippen LogP contribution in [0.4, 0.5) is 11.4 Å². The van der Waals surface area contributed by atoms with E-state index in [1.807, 2.05) is 13.0 Å². The van der Waals surface area contributed by atoms with Crippen LogP contribution in [0.25, 0.3) is 0 Å². The quantitative estimate of drug-likeness (QED) is 0.718. The maximum atomic E-state index is 12.7. The molecule has 0 aliphatic carbocycles. The van der Waals surface area contributed by atoms with E-state index in [4.69, 9.17) is 11.6 Å². The van der Waals surface area contributed by atoms with Crippen molar-refractivity contribution in [2.45, 2.75) is 18.6 Å². The summed E-state index contributed by atoms with van der Waals surface area (Å²) in [5.41, 5.74) is 2.43. The second kappa shape index (κ2) is 9.32. The number of amidine groups is 1. The second-order valence-electron chi connectivity index (χ2n) is 6.65. The van der Waals surface area contributed by atoms with Gasteiger partial charge in [0.2, 0.25) is 11.8 Å². The van der Waals surface area contributed by atoms with Crippen molar-refractivity contribution in [1.82, 2.24) is 4.90 Å². The van der Waals surface area contributed by atoms with Gasteiger partial charge in [-0.1, -0.05) is 29.4 Å². The zero-order chi connectivity index (χ0) is 21.8. The molecule has 1 aliphatic rings. The van der Waals surface area contributed by atoms with Crippen LogP contribution in [0.5, 0.6) is 0 Å². The Bertz CT molecular complexity index is 1020. The highest BCUT2D eigenvalue weighted by molar-refractivity contribution is 8.15. The molecule has 30 heavy (non-hydrogen) atoms. The van der Waals surface area contributed by atoms with Gasteiger partial charge < -0.3 is 10.1 Å². The van der Waals surface area contributed by atoms with Gasteiger partial charge in [-0.2, -0.15) is 0 Å². The van der Waals surface area contributed by atoms with Crippen LogP contribution in [0.2, 0.25) is 5.02 Å². The minimum atomic E-state index is -0.623. The largest absolute Gasteiger partial charge is 0.465 e. The van der Waals surface area contributed by atoms with Crippen molar-refractivity contribution in [3.05, 3.63) is 58.6 Å². The minimum Gasteiger partial charge on any atom is -0.465 e. The maximum absolute atomic E-state index is 12.7.